The predicted octanol–water partition coefficient (Wildman–Crippen LogP) is 5.08. The van der Waals surface area contributed by atoms with Crippen molar-refractivity contribution in [2.75, 3.05) is 23.7 Å². The third-order valence-corrected chi connectivity index (χ3v) is 7.98. The molecule has 0 aromatic heterocycles. The van der Waals surface area contributed by atoms with Gasteiger partial charge in [0.1, 0.15) is 12.6 Å². The van der Waals surface area contributed by atoms with Crippen LogP contribution in [0.1, 0.15) is 36.5 Å². The van der Waals surface area contributed by atoms with E-state index in [0.717, 1.165) is 44.6 Å². The molecule has 0 aliphatic heterocycles. The lowest BCUT2D eigenvalue weighted by molar-refractivity contribution is -0.140. The highest BCUT2D eigenvalue weighted by Gasteiger charge is 2.33. The minimum absolute atomic E-state index is 0.141. The summed E-state index contributed by atoms with van der Waals surface area (Å²) in [5.74, 6) is -0.732. The number of aryl methyl sites for hydroxylation is 1. The molecule has 0 radical (unpaired) electrons. The number of unbranched alkanes of at least 4 members (excludes halogenated alkanes) is 1. The zero-order valence-electron chi connectivity index (χ0n) is 22.6. The van der Waals surface area contributed by atoms with Gasteiger partial charge in [-0.05, 0) is 48.7 Å². The van der Waals surface area contributed by atoms with Gasteiger partial charge in [0, 0.05) is 24.0 Å². The molecule has 1 N–H and O–H groups in total. The van der Waals surface area contributed by atoms with Crippen LogP contribution in [0.3, 0.4) is 0 Å². The third-order valence-electron chi connectivity index (χ3n) is 6.34. The van der Waals surface area contributed by atoms with E-state index in [9.17, 15) is 18.0 Å². The number of carbonyl (C=O) groups is 2. The monoisotopic (exact) mass is 613 g/mol. The number of nitrogens with one attached hydrogen (secondary N) is 1. The van der Waals surface area contributed by atoms with E-state index in [1.807, 2.05) is 68.4 Å². The molecule has 3 rings (SSSR count). The second-order valence-corrected chi connectivity index (χ2v) is 12.4. The van der Waals surface area contributed by atoms with Crippen molar-refractivity contribution < 1.29 is 18.0 Å². The maximum absolute atomic E-state index is 14.0. The summed E-state index contributed by atoms with van der Waals surface area (Å²) in [5.41, 5.74) is 3.09. The Labute approximate surface area is 240 Å². The molecule has 0 bridgehead atoms. The molecule has 3 aromatic rings. The largest absolute Gasteiger partial charge is 0.354 e. The number of carbonyl (C=O) groups excluding carboxylic acids is 2. The standard InChI is InChI=1S/C30H36BrN3O4S/c1-4-5-18-32-30(36)28(20-24-10-7-6-8-11-24)33(21-25-12-9-13-26(31)19-25)29(35)22-34(39(3,37)38)27-16-14-23(2)15-17-27/h6-17,19,28H,4-5,18,20-22H2,1-3H3,(H,32,36)/t28-/m0/s1. The van der Waals surface area contributed by atoms with E-state index in [-0.39, 0.29) is 12.5 Å². The molecule has 0 fully saturated rings. The number of anilines is 1. The van der Waals surface area contributed by atoms with Gasteiger partial charge in [-0.15, -0.1) is 0 Å². The first kappa shape index (κ1) is 30.4. The number of amides is 2. The van der Waals surface area contributed by atoms with E-state index in [0.29, 0.717) is 18.7 Å². The Kier molecular flexibility index (Phi) is 11.1. The summed E-state index contributed by atoms with van der Waals surface area (Å²) in [5, 5.41) is 2.98. The number of hydrogen-bond acceptors (Lipinski definition) is 4. The Morgan fingerprint density at radius 2 is 1.62 bits per heavy atom. The molecular formula is C30H36BrN3O4S. The maximum atomic E-state index is 14.0. The molecule has 0 heterocycles. The molecule has 0 aliphatic rings. The molecule has 2 amide bonds. The van der Waals surface area contributed by atoms with E-state index in [1.54, 1.807) is 24.3 Å². The zero-order valence-corrected chi connectivity index (χ0v) is 25.0. The summed E-state index contributed by atoms with van der Waals surface area (Å²) in [6.45, 7) is 4.16. The minimum atomic E-state index is -3.78. The number of halogens is 1. The minimum Gasteiger partial charge on any atom is -0.354 e. The van der Waals surface area contributed by atoms with Crippen LogP contribution in [-0.2, 0) is 32.6 Å². The third kappa shape index (κ3) is 9.21. The van der Waals surface area contributed by atoms with Crippen molar-refractivity contribution in [3.63, 3.8) is 0 Å². The van der Waals surface area contributed by atoms with Crippen LogP contribution in [0.25, 0.3) is 0 Å². The summed E-state index contributed by atoms with van der Waals surface area (Å²) >= 11 is 3.48. The number of rotatable bonds is 13. The SMILES string of the molecule is CCCCNC(=O)[C@H](Cc1ccccc1)N(Cc1cccc(Br)c1)C(=O)CN(c1ccc(C)cc1)S(C)(=O)=O. The number of hydrogen-bond donors (Lipinski definition) is 1. The normalized spacial score (nSPS) is 12.0. The van der Waals surface area contributed by atoms with Crippen LogP contribution in [0, 0.1) is 6.92 Å². The number of sulfonamides is 1. The van der Waals surface area contributed by atoms with E-state index >= 15 is 0 Å². The van der Waals surface area contributed by atoms with Gasteiger partial charge in [0.2, 0.25) is 21.8 Å². The number of nitrogens with zero attached hydrogens (tertiary/aromatic N) is 2. The quantitative estimate of drug-likeness (QED) is 0.272. The fourth-order valence-corrected chi connectivity index (χ4v) is 5.51. The van der Waals surface area contributed by atoms with Gasteiger partial charge in [-0.1, -0.05) is 89.4 Å². The first-order valence-corrected chi connectivity index (χ1v) is 15.6. The molecule has 1 atom stereocenters. The van der Waals surface area contributed by atoms with Crippen LogP contribution in [-0.4, -0.2) is 50.5 Å². The molecule has 0 saturated heterocycles. The Balaban J connectivity index is 2.02. The summed E-state index contributed by atoms with van der Waals surface area (Å²) in [4.78, 5) is 29.1. The average molecular weight is 615 g/mol. The van der Waals surface area contributed by atoms with Crippen LogP contribution >= 0.6 is 15.9 Å². The van der Waals surface area contributed by atoms with E-state index in [4.69, 9.17) is 0 Å². The van der Waals surface area contributed by atoms with Crippen molar-refractivity contribution in [1.29, 1.82) is 0 Å². The van der Waals surface area contributed by atoms with E-state index < -0.39 is 28.5 Å². The fourth-order valence-electron chi connectivity index (χ4n) is 4.22. The summed E-state index contributed by atoms with van der Waals surface area (Å²) in [7, 11) is -3.78. The molecular weight excluding hydrogens is 578 g/mol. The van der Waals surface area contributed by atoms with Crippen molar-refractivity contribution in [2.24, 2.45) is 0 Å². The van der Waals surface area contributed by atoms with Crippen LogP contribution in [0.5, 0.6) is 0 Å². The van der Waals surface area contributed by atoms with Gasteiger partial charge in [0.05, 0.1) is 11.9 Å². The van der Waals surface area contributed by atoms with Gasteiger partial charge in [-0.25, -0.2) is 8.42 Å². The second kappa shape index (κ2) is 14.3. The molecule has 0 saturated carbocycles. The summed E-state index contributed by atoms with van der Waals surface area (Å²) in [6.07, 6.45) is 3.11. The molecule has 0 aliphatic carbocycles. The van der Waals surface area contributed by atoms with Gasteiger partial charge in [-0.3, -0.25) is 13.9 Å². The Bertz CT molecular complexity index is 1350. The second-order valence-electron chi connectivity index (χ2n) is 9.61. The van der Waals surface area contributed by atoms with Crippen LogP contribution < -0.4 is 9.62 Å². The topological polar surface area (TPSA) is 86.8 Å². The van der Waals surface area contributed by atoms with Crippen molar-refractivity contribution in [3.05, 3.63) is 100 Å². The highest BCUT2D eigenvalue weighted by atomic mass is 79.9. The Morgan fingerprint density at radius 3 is 2.23 bits per heavy atom. The van der Waals surface area contributed by atoms with E-state index in [2.05, 4.69) is 21.2 Å². The van der Waals surface area contributed by atoms with Crippen molar-refractivity contribution in [3.8, 4) is 0 Å². The highest BCUT2D eigenvalue weighted by molar-refractivity contribution is 9.10. The van der Waals surface area contributed by atoms with Crippen LogP contribution in [0.15, 0.2) is 83.3 Å². The zero-order chi connectivity index (χ0) is 28.4. The van der Waals surface area contributed by atoms with Gasteiger partial charge in [0.25, 0.3) is 0 Å². The van der Waals surface area contributed by atoms with Crippen molar-refractivity contribution in [1.82, 2.24) is 10.2 Å². The molecule has 9 heteroatoms. The first-order chi connectivity index (χ1) is 18.6. The molecule has 39 heavy (non-hydrogen) atoms. The van der Waals surface area contributed by atoms with Gasteiger partial charge in [0.15, 0.2) is 0 Å². The first-order valence-electron chi connectivity index (χ1n) is 13.0. The number of benzene rings is 3. The summed E-state index contributed by atoms with van der Waals surface area (Å²) in [6, 6.07) is 23.2. The summed E-state index contributed by atoms with van der Waals surface area (Å²) < 4.78 is 27.6. The molecule has 3 aromatic carbocycles. The fraction of sp³-hybridized carbons (Fsp3) is 0.333. The van der Waals surface area contributed by atoms with Gasteiger partial charge < -0.3 is 10.2 Å². The molecule has 0 spiro atoms. The molecule has 7 nitrogen and oxygen atoms in total. The lowest BCUT2D eigenvalue weighted by Gasteiger charge is -2.33. The van der Waals surface area contributed by atoms with Gasteiger partial charge >= 0.3 is 0 Å². The lowest BCUT2D eigenvalue weighted by Crippen LogP contribution is -2.53. The van der Waals surface area contributed by atoms with Crippen molar-refractivity contribution in [2.45, 2.75) is 45.7 Å². The highest BCUT2D eigenvalue weighted by Crippen LogP contribution is 2.22. The Morgan fingerprint density at radius 1 is 0.949 bits per heavy atom. The van der Waals surface area contributed by atoms with Crippen molar-refractivity contribution >= 4 is 43.5 Å². The Hall–Kier alpha value is -3.17. The van der Waals surface area contributed by atoms with Gasteiger partial charge in [-0.2, -0.15) is 0 Å². The maximum Gasteiger partial charge on any atom is 0.244 e. The van der Waals surface area contributed by atoms with E-state index in [1.165, 1.54) is 4.90 Å². The van der Waals surface area contributed by atoms with Crippen LogP contribution in [0.4, 0.5) is 5.69 Å². The van der Waals surface area contributed by atoms with Crippen LogP contribution in [0.2, 0.25) is 0 Å². The lowest BCUT2D eigenvalue weighted by atomic mass is 10.0. The molecule has 0 unspecified atom stereocenters. The average Bonchev–Trinajstić information content (AvgIpc) is 2.90. The predicted molar refractivity (Wildman–Crippen MR) is 160 cm³/mol. The smallest absolute Gasteiger partial charge is 0.244 e. The molecule has 208 valence electrons.